The van der Waals surface area contributed by atoms with Crippen LogP contribution in [0.3, 0.4) is 0 Å². The first-order valence-corrected chi connectivity index (χ1v) is 9.04. The van der Waals surface area contributed by atoms with Crippen molar-refractivity contribution in [3.8, 4) is 0 Å². The van der Waals surface area contributed by atoms with Crippen molar-refractivity contribution < 1.29 is 4.79 Å². The molecule has 23 heavy (non-hydrogen) atoms. The Balaban J connectivity index is 1.67. The molecule has 0 fully saturated rings. The second kappa shape index (κ2) is 7.13. The van der Waals surface area contributed by atoms with E-state index in [0.29, 0.717) is 0 Å². The lowest BCUT2D eigenvalue weighted by Crippen LogP contribution is -2.33. The Morgan fingerprint density at radius 1 is 1.22 bits per heavy atom. The summed E-state index contributed by atoms with van der Waals surface area (Å²) < 4.78 is 0. The van der Waals surface area contributed by atoms with E-state index in [1.54, 1.807) is 16.2 Å². The highest BCUT2D eigenvalue weighted by molar-refractivity contribution is 7.15. The van der Waals surface area contributed by atoms with Gasteiger partial charge in [0.2, 0.25) is 0 Å². The van der Waals surface area contributed by atoms with Gasteiger partial charge in [-0.25, -0.2) is 9.78 Å². The van der Waals surface area contributed by atoms with Crippen molar-refractivity contribution in [1.29, 1.82) is 0 Å². The van der Waals surface area contributed by atoms with Gasteiger partial charge in [0.1, 0.15) is 0 Å². The van der Waals surface area contributed by atoms with Gasteiger partial charge in [0, 0.05) is 11.9 Å². The van der Waals surface area contributed by atoms with Crippen LogP contribution in [0, 0.1) is 0 Å². The van der Waals surface area contributed by atoms with Crippen LogP contribution >= 0.6 is 11.3 Å². The first kappa shape index (κ1) is 16.0. The third-order valence-electron chi connectivity index (χ3n) is 4.49. The molecule has 0 radical (unpaired) electrons. The fourth-order valence-corrected chi connectivity index (χ4v) is 3.93. The molecule has 0 spiro atoms. The fraction of sp³-hybridized carbons (Fsp3) is 0.444. The van der Waals surface area contributed by atoms with Crippen LogP contribution in [0.4, 0.5) is 9.93 Å². The molecule has 2 aromatic rings. The average molecular weight is 329 g/mol. The highest BCUT2D eigenvalue weighted by Crippen LogP contribution is 2.29. The summed E-state index contributed by atoms with van der Waals surface area (Å²) in [5.41, 5.74) is 2.31. The largest absolute Gasteiger partial charge is 0.323 e. The molecule has 1 aliphatic carbocycles. The van der Waals surface area contributed by atoms with Gasteiger partial charge in [0.25, 0.3) is 0 Å². The molecular weight excluding hydrogens is 306 g/mol. The van der Waals surface area contributed by atoms with Gasteiger partial charge >= 0.3 is 6.03 Å². The molecular formula is C18H23N3OS. The molecule has 4 nitrogen and oxygen atoms in total. The molecule has 3 rings (SSSR count). The first-order chi connectivity index (χ1) is 11.1. The molecule has 1 heterocycles. The van der Waals surface area contributed by atoms with E-state index in [4.69, 9.17) is 0 Å². The molecule has 0 saturated carbocycles. The van der Waals surface area contributed by atoms with E-state index in [1.807, 2.05) is 44.3 Å². The molecule has 1 aliphatic rings. The van der Waals surface area contributed by atoms with E-state index in [1.165, 1.54) is 29.8 Å². The Morgan fingerprint density at radius 3 is 2.74 bits per heavy atom. The van der Waals surface area contributed by atoms with Gasteiger partial charge in [0.15, 0.2) is 5.13 Å². The smallest absolute Gasteiger partial charge is 0.321 e. The van der Waals surface area contributed by atoms with Crippen molar-refractivity contribution in [2.75, 3.05) is 12.4 Å². The fourth-order valence-electron chi connectivity index (χ4n) is 2.89. The minimum Gasteiger partial charge on any atom is -0.321 e. The second-order valence-electron chi connectivity index (χ2n) is 6.08. The number of hydrogen-bond donors (Lipinski definition) is 1. The molecule has 0 bridgehead atoms. The number of fused-ring (bicyclic) bond motifs is 1. The maximum Gasteiger partial charge on any atom is 0.323 e. The number of benzene rings is 1. The number of amides is 2. The number of urea groups is 1. The van der Waals surface area contributed by atoms with Crippen molar-refractivity contribution >= 4 is 22.5 Å². The number of hydrogen-bond acceptors (Lipinski definition) is 3. The Bertz CT molecular complexity index is 645. The summed E-state index contributed by atoms with van der Waals surface area (Å²) in [6.45, 7) is 2.03. The van der Waals surface area contributed by atoms with Crippen LogP contribution in [0.25, 0.3) is 0 Å². The normalized spacial score (nSPS) is 15.4. The topological polar surface area (TPSA) is 45.2 Å². The summed E-state index contributed by atoms with van der Waals surface area (Å²) in [7, 11) is 1.82. The highest BCUT2D eigenvalue weighted by Gasteiger charge is 2.20. The van der Waals surface area contributed by atoms with Gasteiger partial charge in [-0.1, -0.05) is 36.8 Å². The van der Waals surface area contributed by atoms with Crippen LogP contribution in [0.1, 0.15) is 48.4 Å². The zero-order valence-corrected chi connectivity index (χ0v) is 14.5. The molecule has 1 aromatic heterocycles. The first-order valence-electron chi connectivity index (χ1n) is 8.22. The van der Waals surface area contributed by atoms with Crippen LogP contribution in [0.5, 0.6) is 0 Å². The van der Waals surface area contributed by atoms with Crippen LogP contribution in [-0.4, -0.2) is 23.0 Å². The van der Waals surface area contributed by atoms with E-state index in [9.17, 15) is 4.79 Å². The zero-order chi connectivity index (χ0) is 16.2. The second-order valence-corrected chi connectivity index (χ2v) is 7.16. The number of rotatable bonds is 3. The standard InChI is InChI=1S/C18H23N3OS/c1-13(14-9-5-3-6-10-14)21(2)18(22)20-17-19-15-11-7-4-8-12-16(15)23-17/h3,5-6,9-10,13H,4,7-8,11-12H2,1-2H3,(H,19,20,22). The van der Waals surface area contributed by atoms with E-state index >= 15 is 0 Å². The van der Waals surface area contributed by atoms with Gasteiger partial charge in [0.05, 0.1) is 11.7 Å². The highest BCUT2D eigenvalue weighted by atomic mass is 32.1. The number of carbonyl (C=O) groups excluding carboxylic acids is 1. The summed E-state index contributed by atoms with van der Waals surface area (Å²) >= 11 is 1.63. The van der Waals surface area contributed by atoms with Crippen LogP contribution in [0.15, 0.2) is 30.3 Å². The molecule has 2 amide bonds. The average Bonchev–Trinajstić information content (AvgIpc) is 2.82. The molecule has 1 atom stereocenters. The Labute approximate surface area is 141 Å². The molecule has 1 aromatic carbocycles. The third-order valence-corrected chi connectivity index (χ3v) is 5.57. The number of nitrogens with zero attached hydrogens (tertiary/aromatic N) is 2. The van der Waals surface area contributed by atoms with Gasteiger partial charge in [-0.3, -0.25) is 5.32 Å². The van der Waals surface area contributed by atoms with Crippen LogP contribution < -0.4 is 5.32 Å². The lowest BCUT2D eigenvalue weighted by molar-refractivity contribution is 0.208. The van der Waals surface area contributed by atoms with Crippen molar-refractivity contribution in [1.82, 2.24) is 9.88 Å². The summed E-state index contributed by atoms with van der Waals surface area (Å²) in [5.74, 6) is 0. The van der Waals surface area contributed by atoms with Crippen molar-refractivity contribution in [2.24, 2.45) is 0 Å². The molecule has 1 N–H and O–H groups in total. The quantitative estimate of drug-likeness (QED) is 0.834. The summed E-state index contributed by atoms with van der Waals surface area (Å²) in [4.78, 5) is 20.2. The number of anilines is 1. The molecule has 5 heteroatoms. The predicted octanol–water partition coefficient (Wildman–Crippen LogP) is 4.64. The lowest BCUT2D eigenvalue weighted by atomic mass is 10.1. The Hall–Kier alpha value is -1.88. The number of carbonyl (C=O) groups is 1. The van der Waals surface area contributed by atoms with Crippen molar-refractivity contribution in [3.63, 3.8) is 0 Å². The lowest BCUT2D eigenvalue weighted by Gasteiger charge is -2.25. The zero-order valence-electron chi connectivity index (χ0n) is 13.7. The summed E-state index contributed by atoms with van der Waals surface area (Å²) in [6.07, 6.45) is 5.85. The van der Waals surface area contributed by atoms with Crippen LogP contribution in [0.2, 0.25) is 0 Å². The number of nitrogens with one attached hydrogen (secondary N) is 1. The molecule has 0 aliphatic heterocycles. The monoisotopic (exact) mass is 329 g/mol. The predicted molar refractivity (Wildman–Crippen MR) is 95.0 cm³/mol. The van der Waals surface area contributed by atoms with Crippen molar-refractivity contribution in [3.05, 3.63) is 46.5 Å². The molecule has 1 unspecified atom stereocenters. The van der Waals surface area contributed by atoms with Gasteiger partial charge < -0.3 is 4.90 Å². The van der Waals surface area contributed by atoms with E-state index in [0.717, 1.165) is 23.5 Å². The summed E-state index contributed by atoms with van der Waals surface area (Å²) in [5, 5.41) is 3.69. The Kier molecular flexibility index (Phi) is 4.96. The van der Waals surface area contributed by atoms with E-state index < -0.39 is 0 Å². The molecule has 0 saturated heterocycles. The Morgan fingerprint density at radius 2 is 1.96 bits per heavy atom. The van der Waals surface area contributed by atoms with Gasteiger partial charge in [-0.05, 0) is 38.2 Å². The van der Waals surface area contributed by atoms with Crippen molar-refractivity contribution in [2.45, 2.75) is 45.1 Å². The third kappa shape index (κ3) is 3.72. The number of aromatic nitrogens is 1. The van der Waals surface area contributed by atoms with Gasteiger partial charge in [-0.15, -0.1) is 11.3 Å². The minimum absolute atomic E-state index is 0.0222. The summed E-state index contributed by atoms with van der Waals surface area (Å²) in [6, 6.07) is 9.98. The maximum atomic E-state index is 12.5. The van der Waals surface area contributed by atoms with Crippen LogP contribution in [-0.2, 0) is 12.8 Å². The van der Waals surface area contributed by atoms with E-state index in [-0.39, 0.29) is 12.1 Å². The number of thiazole rings is 1. The maximum absolute atomic E-state index is 12.5. The SMILES string of the molecule is CC(c1ccccc1)N(C)C(=O)Nc1nc2c(s1)CCCCC2. The number of aryl methyl sites for hydroxylation is 2. The molecule has 122 valence electrons. The minimum atomic E-state index is -0.106. The van der Waals surface area contributed by atoms with E-state index in [2.05, 4.69) is 10.3 Å². The van der Waals surface area contributed by atoms with Gasteiger partial charge in [-0.2, -0.15) is 0 Å².